The lowest BCUT2D eigenvalue weighted by molar-refractivity contribution is -0.156. The quantitative estimate of drug-likeness (QED) is 0.321. The highest BCUT2D eigenvalue weighted by Gasteiger charge is 2.35. The second-order valence-electron chi connectivity index (χ2n) is 11.3. The number of halogens is 3. The maximum absolute atomic E-state index is 14.0. The van der Waals surface area contributed by atoms with Gasteiger partial charge in [-0.15, -0.1) is 11.8 Å². The molecule has 236 valence electrons. The molecule has 2 aromatic rings. The molecule has 0 spiro atoms. The average molecular weight is 626 g/mol. The van der Waals surface area contributed by atoms with Gasteiger partial charge in [0.2, 0.25) is 0 Å². The normalized spacial score (nSPS) is 19.3. The molecule has 5 rings (SSSR count). The number of carbonyl (C=O) groups excluding carboxylic acids is 1. The number of benzene rings is 1. The molecular weight excluding hydrogens is 587 g/mol. The first-order valence-electron chi connectivity index (χ1n) is 14.8. The summed E-state index contributed by atoms with van der Waals surface area (Å²) in [6.07, 6.45) is -1.59. The minimum atomic E-state index is -4.54. The molecule has 1 amide bonds. The van der Waals surface area contributed by atoms with Gasteiger partial charge in [0.05, 0.1) is 43.7 Å². The highest BCUT2D eigenvalue weighted by molar-refractivity contribution is 7.99. The number of rotatable bonds is 9. The van der Waals surface area contributed by atoms with Crippen molar-refractivity contribution in [2.75, 3.05) is 64.8 Å². The van der Waals surface area contributed by atoms with Gasteiger partial charge in [-0.1, -0.05) is 12.5 Å². The molecule has 0 saturated carbocycles. The largest absolute Gasteiger partial charge is 0.474 e. The second-order valence-corrected chi connectivity index (χ2v) is 12.4. The molecule has 0 aliphatic carbocycles. The zero-order valence-electron chi connectivity index (χ0n) is 24.0. The van der Waals surface area contributed by atoms with Crippen molar-refractivity contribution in [1.29, 1.82) is 0 Å². The van der Waals surface area contributed by atoms with E-state index in [1.54, 1.807) is 4.68 Å². The average Bonchev–Trinajstić information content (AvgIpc) is 3.34. The predicted octanol–water partition coefficient (Wildman–Crippen LogP) is 2.81. The Balaban J connectivity index is 1.43. The van der Waals surface area contributed by atoms with Gasteiger partial charge in [0.25, 0.3) is 0 Å². The Morgan fingerprint density at radius 2 is 1.77 bits per heavy atom. The number of carboxylic acid groups (broad SMARTS) is 1. The molecule has 2 fully saturated rings. The number of hydrogen-bond acceptors (Lipinski definition) is 8. The van der Waals surface area contributed by atoms with Gasteiger partial charge >= 0.3 is 18.1 Å². The smallest absolute Gasteiger partial charge is 0.417 e. The van der Waals surface area contributed by atoms with Crippen molar-refractivity contribution in [3.05, 3.63) is 35.0 Å². The van der Waals surface area contributed by atoms with Gasteiger partial charge in [-0.2, -0.15) is 18.3 Å². The summed E-state index contributed by atoms with van der Waals surface area (Å²) in [5.74, 6) is -2.15. The molecule has 0 radical (unpaired) electrons. The van der Waals surface area contributed by atoms with E-state index in [2.05, 4.69) is 9.80 Å². The van der Waals surface area contributed by atoms with Crippen molar-refractivity contribution in [3.8, 4) is 11.3 Å². The number of amides is 1. The summed E-state index contributed by atoms with van der Waals surface area (Å²) in [7, 11) is 0. The number of aliphatic carboxylic acids is 1. The van der Waals surface area contributed by atoms with Gasteiger partial charge in [0, 0.05) is 66.6 Å². The number of piperidine rings is 1. The number of nitrogens with zero attached hydrogens (tertiary/aromatic N) is 5. The fourth-order valence-electron chi connectivity index (χ4n) is 6.01. The van der Waals surface area contributed by atoms with Crippen molar-refractivity contribution in [2.45, 2.75) is 55.9 Å². The van der Waals surface area contributed by atoms with E-state index in [9.17, 15) is 33.0 Å². The molecule has 1 atom stereocenters. The van der Waals surface area contributed by atoms with E-state index in [1.165, 1.54) is 23.5 Å². The number of aromatic nitrogens is 2. The minimum absolute atomic E-state index is 0.0292. The van der Waals surface area contributed by atoms with Crippen molar-refractivity contribution in [1.82, 2.24) is 24.5 Å². The fourth-order valence-corrected chi connectivity index (χ4v) is 7.13. The number of fused-ring (bicyclic) bond motifs is 1. The van der Waals surface area contributed by atoms with Crippen LogP contribution in [0, 0.1) is 0 Å². The Bertz CT molecular complexity index is 1290. The Kier molecular flexibility index (Phi) is 10.3. The summed E-state index contributed by atoms with van der Waals surface area (Å²) in [4.78, 5) is 29.4. The zero-order valence-corrected chi connectivity index (χ0v) is 24.8. The molecule has 1 aromatic heterocycles. The molecule has 1 aromatic carbocycles. The third-order valence-corrected chi connectivity index (χ3v) is 9.27. The molecule has 0 bridgehead atoms. The van der Waals surface area contributed by atoms with Gasteiger partial charge in [-0.05, 0) is 38.1 Å². The van der Waals surface area contributed by atoms with Gasteiger partial charge in [-0.3, -0.25) is 14.4 Å². The van der Waals surface area contributed by atoms with Crippen molar-refractivity contribution < 1.29 is 37.7 Å². The van der Waals surface area contributed by atoms with Gasteiger partial charge in [0.15, 0.2) is 0 Å². The van der Waals surface area contributed by atoms with Crippen molar-refractivity contribution in [3.63, 3.8) is 0 Å². The Hall–Kier alpha value is -2.65. The molecule has 4 heterocycles. The lowest BCUT2D eigenvalue weighted by Crippen LogP contribution is -2.41. The number of likely N-dealkylation sites (tertiary alicyclic amines) is 1. The lowest BCUT2D eigenvalue weighted by Gasteiger charge is -2.29. The minimum Gasteiger partial charge on any atom is -0.474 e. The number of carboxylic acids is 1. The van der Waals surface area contributed by atoms with E-state index < -0.39 is 29.7 Å². The lowest BCUT2D eigenvalue weighted by atomic mass is 9.99. The SMILES string of the molecule is O=C(O)C(=O)N1CCc2c(c(-c3ccc(C(F)(F)F)c(SCCN4CCOCC4)c3)nn2CC(O)CN2CCCCC2)C1. The van der Waals surface area contributed by atoms with Crippen LogP contribution in [0.5, 0.6) is 0 Å². The standard InChI is InChI=1S/C29H38F3N5O5S/c30-29(31,32)23-5-4-20(16-25(23)43-15-12-34-10-13-42-14-11-34)26-22-19-36(27(39)28(40)41)9-6-24(22)37(33-26)18-21(38)17-35-7-2-1-3-8-35/h4-5,16,21,38H,1-3,6-15,17-19H2,(H,40,41). The maximum atomic E-state index is 14.0. The van der Waals surface area contributed by atoms with E-state index in [-0.39, 0.29) is 24.5 Å². The number of aliphatic hydroxyl groups excluding tert-OH is 1. The number of alkyl halides is 3. The Morgan fingerprint density at radius 3 is 2.47 bits per heavy atom. The van der Waals surface area contributed by atoms with Gasteiger partial charge in [-0.25, -0.2) is 4.79 Å². The second kappa shape index (κ2) is 14.0. The van der Waals surface area contributed by atoms with Gasteiger partial charge < -0.3 is 24.7 Å². The number of β-amino-alcohol motifs (C(OH)–C–C–N with tert-alkyl or cyclic N) is 1. The van der Waals surface area contributed by atoms with Crippen LogP contribution >= 0.6 is 11.8 Å². The van der Waals surface area contributed by atoms with E-state index >= 15 is 0 Å². The maximum Gasteiger partial charge on any atom is 0.417 e. The third kappa shape index (κ3) is 7.90. The van der Waals surface area contributed by atoms with Crippen molar-refractivity contribution in [2.24, 2.45) is 0 Å². The molecule has 2 N–H and O–H groups in total. The molecule has 3 aliphatic rings. The number of thioether (sulfide) groups is 1. The molecule has 10 nitrogen and oxygen atoms in total. The van der Waals surface area contributed by atoms with Crippen LogP contribution in [0.1, 0.15) is 36.1 Å². The summed E-state index contributed by atoms with van der Waals surface area (Å²) < 4.78 is 49.0. The topological polar surface area (TPSA) is 111 Å². The van der Waals surface area contributed by atoms with Crippen LogP contribution in [-0.4, -0.2) is 117 Å². The number of morpholine rings is 1. The molecular formula is C29H38F3N5O5S. The van der Waals surface area contributed by atoms with Crippen LogP contribution < -0.4 is 0 Å². The van der Waals surface area contributed by atoms with E-state index in [1.807, 2.05) is 0 Å². The highest BCUT2D eigenvalue weighted by Crippen LogP contribution is 2.40. The van der Waals surface area contributed by atoms with Crippen LogP contribution in [0.3, 0.4) is 0 Å². The highest BCUT2D eigenvalue weighted by atomic mass is 32.2. The molecule has 43 heavy (non-hydrogen) atoms. The third-order valence-electron chi connectivity index (χ3n) is 8.23. The number of aliphatic hydroxyl groups is 1. The van der Waals surface area contributed by atoms with Crippen LogP contribution in [0.2, 0.25) is 0 Å². The van der Waals surface area contributed by atoms with E-state index in [0.717, 1.165) is 62.5 Å². The molecule has 3 aliphatic heterocycles. The van der Waals surface area contributed by atoms with Crippen LogP contribution in [0.15, 0.2) is 23.1 Å². The van der Waals surface area contributed by atoms with Crippen LogP contribution in [-0.2, 0) is 40.0 Å². The van der Waals surface area contributed by atoms with Crippen molar-refractivity contribution >= 4 is 23.6 Å². The first-order valence-corrected chi connectivity index (χ1v) is 15.7. The van der Waals surface area contributed by atoms with Crippen LogP contribution in [0.4, 0.5) is 13.2 Å². The van der Waals surface area contributed by atoms with E-state index in [4.69, 9.17) is 9.84 Å². The molecule has 2 saturated heterocycles. The first-order chi connectivity index (χ1) is 20.6. The summed E-state index contributed by atoms with van der Waals surface area (Å²) in [6.45, 7) is 5.97. The Labute approximate surface area is 252 Å². The summed E-state index contributed by atoms with van der Waals surface area (Å²) >= 11 is 1.14. The van der Waals surface area contributed by atoms with Crippen LogP contribution in [0.25, 0.3) is 11.3 Å². The van der Waals surface area contributed by atoms with E-state index in [0.29, 0.717) is 55.3 Å². The predicted molar refractivity (Wildman–Crippen MR) is 154 cm³/mol. The number of carbonyl (C=O) groups is 2. The fraction of sp³-hybridized carbons (Fsp3) is 0.621. The Morgan fingerprint density at radius 1 is 1.02 bits per heavy atom. The van der Waals surface area contributed by atoms with Gasteiger partial charge in [0.1, 0.15) is 0 Å². The summed E-state index contributed by atoms with van der Waals surface area (Å²) in [6, 6.07) is 3.93. The summed E-state index contributed by atoms with van der Waals surface area (Å²) in [5, 5.41) is 25.0. The molecule has 1 unspecified atom stereocenters. The summed E-state index contributed by atoms with van der Waals surface area (Å²) in [5.41, 5.74) is 1.47. The zero-order chi connectivity index (χ0) is 30.6. The number of hydrogen-bond donors (Lipinski definition) is 2. The number of ether oxygens (including phenoxy) is 1. The monoisotopic (exact) mass is 625 g/mol. The first kappa shape index (κ1) is 31.8. The molecule has 14 heteroatoms.